The minimum absolute atomic E-state index is 0.00569. The van der Waals surface area contributed by atoms with Crippen LogP contribution in [0, 0.1) is 51.2 Å². The number of aliphatic hydroxyl groups excluding tert-OH is 2. The molecule has 9 nitrogen and oxygen atoms in total. The number of hydrogen-bond acceptors (Lipinski definition) is 7. The van der Waals surface area contributed by atoms with E-state index in [0.717, 1.165) is 32.1 Å². The number of unbranched alkanes of at least 4 members (excludes halogenated alkanes) is 1. The Morgan fingerprint density at radius 3 is 2.54 bits per heavy atom. The number of carbonyl (C=O) groups is 2. The summed E-state index contributed by atoms with van der Waals surface area (Å²) < 4.78 is 5.94. The molecule has 0 spiro atoms. The number of ether oxygens (including phenoxy) is 1. The Labute approximate surface area is 336 Å². The molecule has 4 saturated carbocycles. The Hall–Kier alpha value is -3.01. The minimum atomic E-state index is -1.12. The number of amides is 1. The number of fused-ring (bicyclic) bond motifs is 5. The van der Waals surface area contributed by atoms with Crippen LogP contribution in [0.2, 0.25) is 0 Å². The van der Waals surface area contributed by atoms with Crippen molar-refractivity contribution in [2.75, 3.05) is 19.8 Å². The summed E-state index contributed by atoms with van der Waals surface area (Å²) in [6, 6.07) is 3.16. The number of nitrogens with zero attached hydrogens (tertiary/aromatic N) is 1. The highest BCUT2D eigenvalue weighted by Crippen LogP contribution is 2.72. The zero-order valence-electron chi connectivity index (χ0n) is 35.2. The summed E-state index contributed by atoms with van der Waals surface area (Å²) >= 11 is 0. The molecule has 4 fully saturated rings. The van der Waals surface area contributed by atoms with E-state index in [-0.39, 0.29) is 46.4 Å². The van der Waals surface area contributed by atoms with Crippen molar-refractivity contribution < 1.29 is 29.6 Å². The van der Waals surface area contributed by atoms with Crippen molar-refractivity contribution in [1.82, 2.24) is 10.3 Å². The van der Waals surface area contributed by atoms with Crippen LogP contribution in [0.25, 0.3) is 0 Å². The molecule has 0 unspecified atom stereocenters. The molecule has 6 rings (SSSR count). The normalized spacial score (nSPS) is 36.4. The molecule has 1 aromatic rings. The van der Waals surface area contributed by atoms with Gasteiger partial charge in [-0.3, -0.25) is 9.59 Å². The van der Waals surface area contributed by atoms with Gasteiger partial charge in [-0.1, -0.05) is 65.3 Å². The zero-order chi connectivity index (χ0) is 40.7. The van der Waals surface area contributed by atoms with Gasteiger partial charge in [0.1, 0.15) is 17.6 Å². The second-order valence-electron chi connectivity index (χ2n) is 19.7. The van der Waals surface area contributed by atoms with Gasteiger partial charge in [-0.05, 0) is 160 Å². The Morgan fingerprint density at radius 2 is 1.89 bits per heavy atom. The van der Waals surface area contributed by atoms with Gasteiger partial charge in [0.25, 0.3) is 5.91 Å². The number of carboxylic acid groups (broad SMARTS) is 1. The molecule has 9 heteroatoms. The number of carbonyl (C=O) groups excluding carboxylic acids is 1. The lowest BCUT2D eigenvalue weighted by Crippen LogP contribution is -2.65. The summed E-state index contributed by atoms with van der Waals surface area (Å²) in [5, 5.41) is 34.4. The number of nitrogens with one attached hydrogen (secondary N) is 1. The largest absolute Gasteiger partial charge is 0.481 e. The predicted molar refractivity (Wildman–Crippen MR) is 221 cm³/mol. The van der Waals surface area contributed by atoms with Gasteiger partial charge >= 0.3 is 5.97 Å². The van der Waals surface area contributed by atoms with E-state index < -0.39 is 23.4 Å². The van der Waals surface area contributed by atoms with E-state index in [1.807, 2.05) is 0 Å². The fourth-order valence-electron chi connectivity index (χ4n) is 13.0. The molecule has 0 radical (unpaired) electrons. The van der Waals surface area contributed by atoms with Crippen LogP contribution in [0.15, 0.2) is 53.8 Å². The molecule has 0 aliphatic heterocycles. The Kier molecular flexibility index (Phi) is 12.4. The van der Waals surface area contributed by atoms with Crippen LogP contribution in [0.4, 0.5) is 0 Å². The lowest BCUT2D eigenvalue weighted by molar-refractivity contribution is -0.176. The number of hydrogen-bond donors (Lipinski definition) is 5. The molecule has 6 N–H and O–H groups in total. The summed E-state index contributed by atoms with van der Waals surface area (Å²) in [7, 11) is 0. The Bertz CT molecular complexity index is 1700. The first-order chi connectivity index (χ1) is 26.5. The third-order valence-electron chi connectivity index (χ3n) is 16.7. The van der Waals surface area contributed by atoms with Gasteiger partial charge in [-0.15, -0.1) is 0 Å². The van der Waals surface area contributed by atoms with Crippen LogP contribution in [-0.4, -0.2) is 63.6 Å². The summed E-state index contributed by atoms with van der Waals surface area (Å²) in [6.07, 6.45) is 19.5. The van der Waals surface area contributed by atoms with Crippen molar-refractivity contribution >= 4 is 11.9 Å². The molecular weight excluding hydrogens is 703 g/mol. The first-order valence-corrected chi connectivity index (χ1v) is 21.7. The molecule has 0 bridgehead atoms. The van der Waals surface area contributed by atoms with E-state index in [1.54, 1.807) is 12.1 Å². The molecule has 5 aliphatic rings. The van der Waals surface area contributed by atoms with Gasteiger partial charge in [-0.25, -0.2) is 4.98 Å². The first-order valence-electron chi connectivity index (χ1n) is 21.7. The monoisotopic (exact) mass is 774 g/mol. The Morgan fingerprint density at radius 1 is 1.12 bits per heavy atom. The summed E-state index contributed by atoms with van der Waals surface area (Å²) in [5.41, 5.74) is 8.91. The molecule has 1 aromatic heterocycles. The number of aliphatic carboxylic acids is 1. The van der Waals surface area contributed by atoms with Gasteiger partial charge in [-0.2, -0.15) is 0 Å². The van der Waals surface area contributed by atoms with Gasteiger partial charge in [0.15, 0.2) is 0 Å². The highest BCUT2D eigenvalue weighted by molar-refractivity contribution is 5.95. The number of allylic oxidation sites excluding steroid dienone is 5. The van der Waals surface area contributed by atoms with Crippen LogP contribution in [0.5, 0.6) is 5.88 Å². The maximum atomic E-state index is 12.8. The van der Waals surface area contributed by atoms with Gasteiger partial charge in [0, 0.05) is 18.3 Å². The summed E-state index contributed by atoms with van der Waals surface area (Å²) in [4.78, 5) is 29.0. The Balaban J connectivity index is 1.21. The smallest absolute Gasteiger partial charge is 0.313 e. The van der Waals surface area contributed by atoms with Gasteiger partial charge < -0.3 is 31.1 Å². The fourth-order valence-corrected chi connectivity index (χ4v) is 13.0. The van der Waals surface area contributed by atoms with Crippen molar-refractivity contribution in [1.29, 1.82) is 0 Å². The van der Waals surface area contributed by atoms with Crippen LogP contribution >= 0.6 is 0 Å². The molecule has 310 valence electrons. The predicted octanol–water partition coefficient (Wildman–Crippen LogP) is 8.41. The second kappa shape index (κ2) is 16.3. The maximum Gasteiger partial charge on any atom is 0.313 e. The van der Waals surface area contributed by atoms with Crippen molar-refractivity contribution in [3.63, 3.8) is 0 Å². The molecule has 56 heavy (non-hydrogen) atoms. The fraction of sp³-hybridized carbons (Fsp3) is 0.723. The number of carboxylic acids is 1. The second-order valence-corrected chi connectivity index (χ2v) is 19.7. The highest BCUT2D eigenvalue weighted by Gasteiger charge is 2.67. The van der Waals surface area contributed by atoms with Crippen LogP contribution < -0.4 is 15.8 Å². The van der Waals surface area contributed by atoms with Crippen LogP contribution in [0.3, 0.4) is 0 Å². The third kappa shape index (κ3) is 7.43. The minimum Gasteiger partial charge on any atom is -0.481 e. The molecule has 0 aromatic carbocycles. The van der Waals surface area contributed by atoms with E-state index in [1.165, 1.54) is 61.4 Å². The summed E-state index contributed by atoms with van der Waals surface area (Å²) in [5.74, 6) is 1.26. The van der Waals surface area contributed by atoms with Crippen LogP contribution in [0.1, 0.15) is 142 Å². The number of rotatable bonds is 15. The molecule has 5 aliphatic carbocycles. The van der Waals surface area contributed by atoms with Gasteiger partial charge in [0.2, 0.25) is 5.88 Å². The van der Waals surface area contributed by atoms with E-state index >= 15 is 0 Å². The van der Waals surface area contributed by atoms with Crippen molar-refractivity contribution in [2.24, 2.45) is 57.0 Å². The summed E-state index contributed by atoms with van der Waals surface area (Å²) in [6.45, 7) is 19.3. The zero-order valence-corrected chi connectivity index (χ0v) is 35.2. The average molecular weight is 774 g/mol. The van der Waals surface area contributed by atoms with Crippen molar-refractivity contribution in [3.05, 3.63) is 59.3 Å². The number of aliphatic hydroxyl groups is 2. The highest BCUT2D eigenvalue weighted by atomic mass is 16.5. The van der Waals surface area contributed by atoms with E-state index in [9.17, 15) is 24.9 Å². The quantitative estimate of drug-likeness (QED) is 0.111. The number of aromatic nitrogens is 1. The van der Waals surface area contributed by atoms with E-state index in [4.69, 9.17) is 10.5 Å². The molecular formula is C47H71N3O6. The molecule has 10 atom stereocenters. The van der Waals surface area contributed by atoms with Gasteiger partial charge in [0.05, 0.1) is 12.7 Å². The van der Waals surface area contributed by atoms with Crippen molar-refractivity contribution in [3.8, 4) is 5.88 Å². The average Bonchev–Trinajstić information content (AvgIpc) is 3.57. The lowest BCUT2D eigenvalue weighted by Gasteiger charge is -2.68. The maximum absolute atomic E-state index is 12.8. The van der Waals surface area contributed by atoms with Crippen molar-refractivity contribution in [2.45, 2.75) is 143 Å². The standard InChI is InChI=1S/C47H71N3O6/c1-8-9-12-37(31-15-20-46(21-16-31,42(54)55)29-56-41-36(40(48)53)11-10-25-49-41)43(4,5)32-17-19-44(6)33(26-32)13-14-38-39-35(30(2)3)18-22-47(39,24-23-45(38,44)7)50-27-34(52)28-51/h10-12,15,25,32-35,38-39,50-52H,2,8-9,13-14,16-24,26-29H2,1,3-7H3,(H2,48,53)(H,54,55)/b37-12-/t32-,33-,34-,35+,38-,39-,44-,45-,46+,47+/m1/s1. The first kappa shape index (κ1) is 42.6. The number of nitrogens with two attached hydrogens (primary N) is 1. The SMILES string of the molecule is C=C(C)[C@@H]1CC[C@]2(NC[C@@H](O)CO)CC[C@]3(C)[C@H](CC[C@@H]4C[C@H](C(C)(C)/C(=C\CCC)C5=CC[C@](COc6ncccc6C(N)=O)(C(=O)O)CC5)CC[C@]43C)[C@@H]12. The topological polar surface area (TPSA) is 155 Å². The molecule has 1 amide bonds. The molecule has 0 saturated heterocycles. The van der Waals surface area contributed by atoms with E-state index in [0.29, 0.717) is 55.4 Å². The number of primary amides is 1. The number of β-amino-alcohol motifs (C(OH)–C–C–N with tert-alkyl or cyclic N) is 1. The van der Waals surface area contributed by atoms with Crippen LogP contribution in [-0.2, 0) is 4.79 Å². The third-order valence-corrected chi connectivity index (χ3v) is 16.7. The lowest BCUT2D eigenvalue weighted by atomic mass is 9.38. The molecule has 1 heterocycles. The number of pyridine rings is 1. The van der Waals surface area contributed by atoms with E-state index in [2.05, 4.69) is 70.6 Å².